The Hall–Kier alpha value is -0.270. The van der Waals surface area contributed by atoms with Gasteiger partial charge in [0.1, 0.15) is 23.9 Å². The predicted octanol–water partition coefficient (Wildman–Crippen LogP) is 6.65. The molecule has 0 saturated carbocycles. The van der Waals surface area contributed by atoms with Crippen LogP contribution in [0.3, 0.4) is 0 Å². The Morgan fingerprint density at radius 2 is 1.60 bits per heavy atom. The lowest BCUT2D eigenvalue weighted by atomic mass is 9.75. The summed E-state index contributed by atoms with van der Waals surface area (Å²) in [6.07, 6.45) is 1.65. The molecule has 4 aliphatic rings. The molecule has 4 rings (SSSR count). The molecule has 19 atom stereocenters. The molecule has 364 valence electrons. The fourth-order valence-electron chi connectivity index (χ4n) is 11.0. The van der Waals surface area contributed by atoms with Crippen LogP contribution in [0.25, 0.3) is 0 Å². The number of methoxy groups -OCH3 is 1. The zero-order valence-electron chi connectivity index (χ0n) is 40.8. The number of aliphatic hydroxyl groups is 4. The van der Waals surface area contributed by atoms with Crippen LogP contribution in [0.5, 0.6) is 0 Å². The third kappa shape index (κ3) is 13.7. The molecule has 0 amide bonds. The zero-order valence-corrected chi connectivity index (χ0v) is 42.4. The van der Waals surface area contributed by atoms with Gasteiger partial charge in [0.15, 0.2) is 12.6 Å². The number of nitrogens with zero attached hydrogens (tertiary/aromatic N) is 2. The Bertz CT molecular complexity index is 1360. The highest BCUT2D eigenvalue weighted by Crippen LogP contribution is 2.42. The Morgan fingerprint density at radius 3 is 2.19 bits per heavy atom. The highest BCUT2D eigenvalue weighted by molar-refractivity contribution is 8.77. The van der Waals surface area contributed by atoms with E-state index < -0.39 is 83.8 Å². The first-order valence-electron chi connectivity index (χ1n) is 23.8. The minimum atomic E-state index is -1.50. The lowest BCUT2D eigenvalue weighted by Gasteiger charge is -2.48. The van der Waals surface area contributed by atoms with E-state index in [9.17, 15) is 25.2 Å². The summed E-state index contributed by atoms with van der Waals surface area (Å²) in [5.74, 6) is -1.18. The van der Waals surface area contributed by atoms with Crippen molar-refractivity contribution in [1.29, 1.82) is 0 Å². The Balaban J connectivity index is 1.73. The molecule has 4 saturated heterocycles. The van der Waals surface area contributed by atoms with E-state index in [1.165, 1.54) is 25.0 Å². The normalized spacial score (nSPS) is 46.0. The quantitative estimate of drug-likeness (QED) is 0.0833. The SMILES string of the molecule is CC[C@H]1OC(=O)[C@H](C)[C@@H](O[C@H]2C[C@@](C)(OC)[C@@H](O)[C@H](C)O2)[C@H](C)[C@@H](O[C@@H]2O[C@H](C)C[C@H](N(C)C)[C@H]2O)[C@](C)(O)C[C@@H](C)CN(C)[C@H](C)[C@@H](CCCCCCC2CCSS2)[C@]1(C)O. The second-order valence-corrected chi connectivity index (χ2v) is 23.4. The average molecular weight is 921 g/mol. The van der Waals surface area contributed by atoms with Gasteiger partial charge in [-0.1, -0.05) is 68.0 Å². The predicted molar refractivity (Wildman–Crippen MR) is 248 cm³/mol. The van der Waals surface area contributed by atoms with Gasteiger partial charge in [0.2, 0.25) is 0 Å². The molecule has 15 heteroatoms. The summed E-state index contributed by atoms with van der Waals surface area (Å²) in [6, 6.07) is -0.328. The van der Waals surface area contributed by atoms with Crippen LogP contribution in [0.2, 0.25) is 0 Å². The molecule has 0 spiro atoms. The topological polar surface area (TPSA) is 160 Å². The second-order valence-electron chi connectivity index (χ2n) is 20.6. The lowest BCUT2D eigenvalue weighted by molar-refractivity contribution is -0.318. The van der Waals surface area contributed by atoms with Crippen molar-refractivity contribution in [2.45, 2.75) is 229 Å². The number of cyclic esters (lactones) is 1. The maximum absolute atomic E-state index is 14.7. The largest absolute Gasteiger partial charge is 0.459 e. The van der Waals surface area contributed by atoms with Crippen LogP contribution in [0.4, 0.5) is 0 Å². The summed E-state index contributed by atoms with van der Waals surface area (Å²) in [4.78, 5) is 19.0. The Morgan fingerprint density at radius 1 is 0.935 bits per heavy atom. The Kier molecular flexibility index (Phi) is 20.7. The second kappa shape index (κ2) is 23.6. The minimum Gasteiger partial charge on any atom is -0.459 e. The van der Waals surface area contributed by atoms with Crippen molar-refractivity contribution < 1.29 is 53.6 Å². The van der Waals surface area contributed by atoms with Crippen molar-refractivity contribution in [2.24, 2.45) is 23.7 Å². The van der Waals surface area contributed by atoms with E-state index in [2.05, 4.69) is 25.8 Å². The number of esters is 1. The molecule has 0 aromatic heterocycles. The number of rotatable bonds is 14. The van der Waals surface area contributed by atoms with Crippen molar-refractivity contribution in [3.8, 4) is 0 Å². The molecular weight excluding hydrogens is 833 g/mol. The first-order chi connectivity index (χ1) is 29.0. The molecule has 62 heavy (non-hydrogen) atoms. The number of unbranched alkanes of at least 4 members (excludes halogenated alkanes) is 3. The van der Waals surface area contributed by atoms with E-state index >= 15 is 0 Å². The number of hydrogen-bond acceptors (Lipinski definition) is 15. The lowest BCUT2D eigenvalue weighted by Crippen LogP contribution is -2.60. The van der Waals surface area contributed by atoms with Crippen molar-refractivity contribution >= 4 is 27.6 Å². The molecule has 1 unspecified atom stereocenters. The molecule has 4 fully saturated rings. The van der Waals surface area contributed by atoms with Gasteiger partial charge in [-0.25, -0.2) is 0 Å². The summed E-state index contributed by atoms with van der Waals surface area (Å²) in [5, 5.41) is 49.0. The highest BCUT2D eigenvalue weighted by atomic mass is 33.1. The third-order valence-corrected chi connectivity index (χ3v) is 18.0. The van der Waals surface area contributed by atoms with Gasteiger partial charge in [0.05, 0.1) is 41.5 Å². The molecule has 0 aliphatic carbocycles. The minimum absolute atomic E-state index is 0.0354. The fourth-order valence-corrected chi connectivity index (χ4v) is 14.1. The van der Waals surface area contributed by atoms with Gasteiger partial charge in [0.25, 0.3) is 0 Å². The van der Waals surface area contributed by atoms with Gasteiger partial charge < -0.3 is 58.6 Å². The summed E-state index contributed by atoms with van der Waals surface area (Å²) < 4.78 is 38.6. The average Bonchev–Trinajstić information content (AvgIpc) is 3.72. The van der Waals surface area contributed by atoms with Crippen molar-refractivity contribution in [3.05, 3.63) is 0 Å². The van der Waals surface area contributed by atoms with Crippen LogP contribution in [-0.2, 0) is 33.2 Å². The number of carbonyl (C=O) groups excluding carboxylic acids is 1. The summed E-state index contributed by atoms with van der Waals surface area (Å²) in [6.45, 7) is 19.6. The van der Waals surface area contributed by atoms with E-state index in [0.717, 1.165) is 30.9 Å². The molecule has 4 aliphatic heterocycles. The smallest absolute Gasteiger partial charge is 0.311 e. The number of likely N-dealkylation sites (N-methyl/N-ethyl adjacent to an activating group) is 1. The van der Waals surface area contributed by atoms with Crippen LogP contribution >= 0.6 is 21.6 Å². The van der Waals surface area contributed by atoms with Crippen LogP contribution in [0.15, 0.2) is 0 Å². The van der Waals surface area contributed by atoms with Gasteiger partial charge in [-0.15, -0.1) is 0 Å². The van der Waals surface area contributed by atoms with E-state index in [1.807, 2.05) is 75.2 Å². The molecule has 0 radical (unpaired) electrons. The molecule has 4 N–H and O–H groups in total. The molecule has 0 aromatic carbocycles. The van der Waals surface area contributed by atoms with E-state index in [-0.39, 0.29) is 36.4 Å². The van der Waals surface area contributed by atoms with Gasteiger partial charge in [-0.2, -0.15) is 0 Å². The van der Waals surface area contributed by atoms with Crippen molar-refractivity contribution in [3.63, 3.8) is 0 Å². The fraction of sp³-hybridized carbons (Fsp3) is 0.979. The molecule has 0 bridgehead atoms. The van der Waals surface area contributed by atoms with E-state index in [0.29, 0.717) is 25.8 Å². The molecule has 0 aromatic rings. The van der Waals surface area contributed by atoms with E-state index in [4.69, 9.17) is 28.4 Å². The monoisotopic (exact) mass is 921 g/mol. The first-order valence-corrected chi connectivity index (χ1v) is 26.2. The standard InChI is InChI=1S/C47H88N2O11S2/c1-15-37-47(10,54)35(21-19-17-16-18-20-34-22-23-61-62-34)32(6)49(13)27-28(2)25-45(8,53)42(60-44-39(50)36(48(11)12)24-29(3)56-44)30(4)40(31(5)43(52)58-37)59-38-26-46(9,55-14)41(51)33(7)57-38/h28-42,44,50-51,53-54H,15-27H2,1-14H3/t28-,29-,30+,31-,32-,33+,34?,35-,36+,37-,38+,39-,40+,41+,42-,44+,45-,46-,47+/m1/s1. The van der Waals surface area contributed by atoms with Crippen LogP contribution in [0, 0.1) is 23.7 Å². The number of hydrogen-bond donors (Lipinski definition) is 4. The molecule has 13 nitrogen and oxygen atoms in total. The number of carbonyl (C=O) groups is 1. The molecular formula is C47H88N2O11S2. The zero-order chi connectivity index (χ0) is 46.3. The Labute approximate surface area is 383 Å². The summed E-state index contributed by atoms with van der Waals surface area (Å²) in [7, 11) is 11.5. The van der Waals surface area contributed by atoms with Gasteiger partial charge >= 0.3 is 5.97 Å². The third-order valence-electron chi connectivity index (χ3n) is 15.0. The van der Waals surface area contributed by atoms with Gasteiger partial charge in [-0.3, -0.25) is 4.79 Å². The molecule has 4 heterocycles. The summed E-state index contributed by atoms with van der Waals surface area (Å²) in [5.41, 5.74) is -3.86. The van der Waals surface area contributed by atoms with Crippen molar-refractivity contribution in [1.82, 2.24) is 9.80 Å². The van der Waals surface area contributed by atoms with Gasteiger partial charge in [0, 0.05) is 55.0 Å². The first kappa shape index (κ1) is 54.3. The number of ether oxygens (including phenoxy) is 6. The maximum atomic E-state index is 14.7. The van der Waals surface area contributed by atoms with Gasteiger partial charge in [-0.05, 0) is 114 Å². The van der Waals surface area contributed by atoms with Crippen molar-refractivity contribution in [2.75, 3.05) is 40.6 Å². The maximum Gasteiger partial charge on any atom is 0.311 e. The number of aliphatic hydroxyl groups excluding tert-OH is 2. The van der Waals surface area contributed by atoms with Crippen LogP contribution < -0.4 is 0 Å². The van der Waals surface area contributed by atoms with Crippen LogP contribution in [0.1, 0.15) is 140 Å². The highest BCUT2D eigenvalue weighted by Gasteiger charge is 2.53. The summed E-state index contributed by atoms with van der Waals surface area (Å²) >= 11 is 0. The van der Waals surface area contributed by atoms with Crippen LogP contribution in [-0.4, -0.2) is 166 Å². The van der Waals surface area contributed by atoms with E-state index in [1.54, 1.807) is 27.9 Å².